The SMILES string of the molecule is COc1ccc(CN2C(=O)c3c(c([N+](=O)[O-])cc4[nH]ccc34)C2c2cc(F)ccc2Cl)cc1. The van der Waals surface area contributed by atoms with Gasteiger partial charge < -0.3 is 14.6 Å². The maximum Gasteiger partial charge on any atom is 0.277 e. The molecular weight excluding hydrogens is 449 g/mol. The Bertz CT molecular complexity index is 1420. The van der Waals surface area contributed by atoms with Crippen LogP contribution in [0.15, 0.2) is 60.8 Å². The first kappa shape index (κ1) is 21.0. The van der Waals surface area contributed by atoms with Crippen molar-refractivity contribution in [2.75, 3.05) is 7.11 Å². The molecule has 1 N–H and O–H groups in total. The number of amides is 1. The lowest BCUT2D eigenvalue weighted by Crippen LogP contribution is -2.28. The number of nitro benzene ring substituents is 1. The number of benzene rings is 3. The van der Waals surface area contributed by atoms with Crippen molar-refractivity contribution < 1.29 is 18.8 Å². The van der Waals surface area contributed by atoms with Crippen molar-refractivity contribution in [1.29, 1.82) is 0 Å². The molecule has 166 valence electrons. The molecule has 0 bridgehead atoms. The van der Waals surface area contributed by atoms with Gasteiger partial charge in [0.25, 0.3) is 11.6 Å². The molecule has 1 unspecified atom stereocenters. The number of nitro groups is 1. The van der Waals surface area contributed by atoms with Gasteiger partial charge in [0, 0.05) is 34.8 Å². The molecule has 9 heteroatoms. The van der Waals surface area contributed by atoms with E-state index in [4.69, 9.17) is 16.3 Å². The molecule has 4 aromatic rings. The molecule has 1 aliphatic rings. The lowest BCUT2D eigenvalue weighted by molar-refractivity contribution is -0.385. The van der Waals surface area contributed by atoms with Gasteiger partial charge in [-0.3, -0.25) is 14.9 Å². The number of hydrogen-bond acceptors (Lipinski definition) is 4. The number of nitrogens with zero attached hydrogens (tertiary/aromatic N) is 2. The van der Waals surface area contributed by atoms with Gasteiger partial charge in [-0.15, -0.1) is 0 Å². The molecule has 33 heavy (non-hydrogen) atoms. The normalized spacial score (nSPS) is 15.2. The van der Waals surface area contributed by atoms with Crippen LogP contribution in [-0.4, -0.2) is 27.8 Å². The molecule has 1 atom stereocenters. The Balaban J connectivity index is 1.75. The Hall–Kier alpha value is -3.91. The Kier molecular flexibility index (Phi) is 5.02. The van der Waals surface area contributed by atoms with E-state index in [1.807, 2.05) is 0 Å². The van der Waals surface area contributed by atoms with E-state index in [1.54, 1.807) is 43.6 Å². The van der Waals surface area contributed by atoms with Gasteiger partial charge in [0.15, 0.2) is 0 Å². The van der Waals surface area contributed by atoms with Gasteiger partial charge in [0.2, 0.25) is 0 Å². The Morgan fingerprint density at radius 3 is 2.64 bits per heavy atom. The van der Waals surface area contributed by atoms with Crippen molar-refractivity contribution in [2.24, 2.45) is 0 Å². The van der Waals surface area contributed by atoms with E-state index in [2.05, 4.69) is 4.98 Å². The molecule has 0 fully saturated rings. The molecular formula is C24H17ClFN3O4. The lowest BCUT2D eigenvalue weighted by Gasteiger charge is -2.26. The minimum absolute atomic E-state index is 0.137. The highest BCUT2D eigenvalue weighted by atomic mass is 35.5. The number of carbonyl (C=O) groups is 1. The summed E-state index contributed by atoms with van der Waals surface area (Å²) in [6.07, 6.45) is 1.62. The molecule has 1 amide bonds. The van der Waals surface area contributed by atoms with E-state index < -0.39 is 16.8 Å². The minimum atomic E-state index is -0.933. The fourth-order valence-corrected chi connectivity index (χ4v) is 4.64. The molecule has 3 aromatic carbocycles. The number of rotatable bonds is 5. The summed E-state index contributed by atoms with van der Waals surface area (Å²) >= 11 is 6.43. The number of fused-ring (bicyclic) bond motifs is 3. The van der Waals surface area contributed by atoms with Crippen LogP contribution in [0.2, 0.25) is 5.02 Å². The first-order valence-electron chi connectivity index (χ1n) is 10.1. The van der Waals surface area contributed by atoms with Crippen molar-refractivity contribution in [3.8, 4) is 5.75 Å². The average Bonchev–Trinajstić information content (AvgIpc) is 3.38. The molecule has 0 saturated carbocycles. The molecule has 0 spiro atoms. The van der Waals surface area contributed by atoms with Gasteiger partial charge in [0.05, 0.1) is 34.7 Å². The summed E-state index contributed by atoms with van der Waals surface area (Å²) in [5.74, 6) is -0.284. The summed E-state index contributed by atoms with van der Waals surface area (Å²) in [5.41, 5.74) is 1.75. The zero-order chi connectivity index (χ0) is 23.3. The summed E-state index contributed by atoms with van der Waals surface area (Å²) in [5, 5.41) is 12.8. The van der Waals surface area contributed by atoms with Gasteiger partial charge in [-0.1, -0.05) is 23.7 Å². The molecule has 1 aliphatic heterocycles. The van der Waals surface area contributed by atoms with Crippen LogP contribution in [0.4, 0.5) is 10.1 Å². The summed E-state index contributed by atoms with van der Waals surface area (Å²) in [6.45, 7) is 0.137. The Morgan fingerprint density at radius 2 is 1.94 bits per heavy atom. The summed E-state index contributed by atoms with van der Waals surface area (Å²) < 4.78 is 19.5. The lowest BCUT2D eigenvalue weighted by atomic mass is 9.94. The van der Waals surface area contributed by atoms with Gasteiger partial charge in [-0.2, -0.15) is 0 Å². The van der Waals surface area contributed by atoms with Crippen LogP contribution in [0.1, 0.15) is 33.1 Å². The monoisotopic (exact) mass is 465 g/mol. The molecule has 0 aliphatic carbocycles. The van der Waals surface area contributed by atoms with Crippen LogP contribution >= 0.6 is 11.6 Å². The number of hydrogen-bond donors (Lipinski definition) is 1. The van der Waals surface area contributed by atoms with Crippen LogP contribution in [-0.2, 0) is 6.54 Å². The van der Waals surface area contributed by atoms with Gasteiger partial charge in [0.1, 0.15) is 11.6 Å². The molecule has 0 saturated heterocycles. The number of H-pyrrole nitrogens is 1. The smallest absolute Gasteiger partial charge is 0.277 e. The molecule has 7 nitrogen and oxygen atoms in total. The van der Waals surface area contributed by atoms with Crippen LogP contribution in [0.5, 0.6) is 5.75 Å². The molecule has 2 heterocycles. The van der Waals surface area contributed by atoms with E-state index in [0.29, 0.717) is 16.7 Å². The minimum Gasteiger partial charge on any atom is -0.497 e. The third-order valence-electron chi connectivity index (χ3n) is 5.90. The highest BCUT2D eigenvalue weighted by Crippen LogP contribution is 2.48. The number of ether oxygens (including phenoxy) is 1. The first-order valence-corrected chi connectivity index (χ1v) is 10.4. The van der Waals surface area contributed by atoms with E-state index in [1.165, 1.54) is 29.2 Å². The number of methoxy groups -OCH3 is 1. The number of aromatic nitrogens is 1. The fourth-order valence-electron chi connectivity index (χ4n) is 4.42. The number of halogens is 2. The predicted octanol–water partition coefficient (Wildman–Crippen LogP) is 5.62. The quantitative estimate of drug-likeness (QED) is 0.306. The second kappa shape index (κ2) is 7.90. The zero-order valence-corrected chi connectivity index (χ0v) is 18.1. The van der Waals surface area contributed by atoms with E-state index in [9.17, 15) is 19.3 Å². The molecule has 1 aromatic heterocycles. The van der Waals surface area contributed by atoms with Gasteiger partial charge in [-0.05, 0) is 42.0 Å². The van der Waals surface area contributed by atoms with Crippen LogP contribution in [0.3, 0.4) is 0 Å². The van der Waals surface area contributed by atoms with E-state index in [-0.39, 0.29) is 39.9 Å². The molecule has 5 rings (SSSR count). The summed E-state index contributed by atoms with van der Waals surface area (Å²) in [6, 6.07) is 13.1. The highest BCUT2D eigenvalue weighted by Gasteiger charge is 2.45. The van der Waals surface area contributed by atoms with Crippen molar-refractivity contribution in [1.82, 2.24) is 9.88 Å². The Labute approximate surface area is 192 Å². The maximum absolute atomic E-state index is 14.3. The summed E-state index contributed by atoms with van der Waals surface area (Å²) in [7, 11) is 1.55. The van der Waals surface area contributed by atoms with Crippen LogP contribution in [0, 0.1) is 15.9 Å². The van der Waals surface area contributed by atoms with E-state index in [0.717, 1.165) is 5.56 Å². The fraction of sp³-hybridized carbons (Fsp3) is 0.125. The van der Waals surface area contributed by atoms with E-state index >= 15 is 0 Å². The third kappa shape index (κ3) is 3.39. The Morgan fingerprint density at radius 1 is 1.18 bits per heavy atom. The van der Waals surface area contributed by atoms with Gasteiger partial charge >= 0.3 is 0 Å². The largest absolute Gasteiger partial charge is 0.497 e. The van der Waals surface area contributed by atoms with Gasteiger partial charge in [-0.25, -0.2) is 4.39 Å². The van der Waals surface area contributed by atoms with Crippen molar-refractivity contribution in [3.63, 3.8) is 0 Å². The first-order chi connectivity index (χ1) is 15.9. The standard InChI is InChI=1S/C24H17ClFN3O4/c1-33-15-5-2-13(3-6-15)12-28-23(17-10-14(26)4-7-18(17)25)22-20(29(31)32)11-19-16(8-9-27-19)21(22)24(28)30/h2-11,23,27H,12H2,1H3. The maximum atomic E-state index is 14.3. The number of carbonyl (C=O) groups excluding carboxylic acids is 1. The summed E-state index contributed by atoms with van der Waals surface area (Å²) in [4.78, 5) is 29.7. The third-order valence-corrected chi connectivity index (χ3v) is 6.24. The zero-order valence-electron chi connectivity index (χ0n) is 17.3. The van der Waals surface area contributed by atoms with Crippen molar-refractivity contribution in [2.45, 2.75) is 12.6 Å². The number of nitrogens with one attached hydrogen (secondary N) is 1. The average molecular weight is 466 g/mol. The van der Waals surface area contributed by atoms with Crippen molar-refractivity contribution in [3.05, 3.63) is 104 Å². The second-order valence-corrected chi connectivity index (χ2v) is 8.14. The molecule has 0 radical (unpaired) electrons. The predicted molar refractivity (Wildman–Crippen MR) is 121 cm³/mol. The van der Waals surface area contributed by atoms with Crippen LogP contribution in [0.25, 0.3) is 10.9 Å². The second-order valence-electron chi connectivity index (χ2n) is 7.73. The van der Waals surface area contributed by atoms with Crippen LogP contribution < -0.4 is 4.74 Å². The highest BCUT2D eigenvalue weighted by molar-refractivity contribution is 6.31. The van der Waals surface area contributed by atoms with Crippen molar-refractivity contribution >= 4 is 34.1 Å². The topological polar surface area (TPSA) is 88.5 Å². The number of aromatic amines is 1.